The van der Waals surface area contributed by atoms with Gasteiger partial charge in [0.25, 0.3) is 0 Å². The molecule has 0 aliphatic heterocycles. The summed E-state index contributed by atoms with van der Waals surface area (Å²) in [6.07, 6.45) is 2.95. The Morgan fingerprint density at radius 1 is 1.19 bits per heavy atom. The lowest BCUT2D eigenvalue weighted by atomic mass is 10.1. The molecule has 0 aliphatic carbocycles. The van der Waals surface area contributed by atoms with E-state index in [1.165, 1.54) is 0 Å². The maximum atomic E-state index is 11.0. The normalized spacial score (nSPS) is 10.1. The van der Waals surface area contributed by atoms with Crippen LogP contribution >= 0.6 is 0 Å². The molecule has 3 nitrogen and oxygen atoms in total. The number of rotatable bonds is 7. The Hall–Kier alpha value is -1.35. The van der Waals surface area contributed by atoms with Crippen molar-refractivity contribution in [2.24, 2.45) is 0 Å². The molecule has 16 heavy (non-hydrogen) atoms. The van der Waals surface area contributed by atoms with E-state index in [1.54, 1.807) is 6.92 Å². The lowest BCUT2D eigenvalue weighted by molar-refractivity contribution is 0.101. The summed E-state index contributed by atoms with van der Waals surface area (Å²) in [5.74, 6) is 0.0921. The highest BCUT2D eigenvalue weighted by atomic mass is 16.2. The van der Waals surface area contributed by atoms with Crippen molar-refractivity contribution < 1.29 is 9.90 Å². The molecule has 0 aromatic heterocycles. The van der Waals surface area contributed by atoms with E-state index >= 15 is 0 Å². The zero-order chi connectivity index (χ0) is 11.8. The predicted molar refractivity (Wildman–Crippen MR) is 65.9 cm³/mol. The molecule has 0 saturated carbocycles. The van der Waals surface area contributed by atoms with Crippen LogP contribution in [0.5, 0.6) is 0 Å². The molecule has 0 unspecified atom stereocenters. The average molecular weight is 221 g/mol. The molecule has 1 aromatic carbocycles. The molecule has 0 spiro atoms. The van der Waals surface area contributed by atoms with Gasteiger partial charge >= 0.3 is 0 Å². The molecule has 1 rings (SSSR count). The number of aliphatic hydroxyl groups excluding tert-OH is 1. The second-order valence-electron chi connectivity index (χ2n) is 3.84. The Morgan fingerprint density at radius 2 is 1.88 bits per heavy atom. The van der Waals surface area contributed by atoms with Crippen molar-refractivity contribution in [3.63, 3.8) is 0 Å². The number of hydrogen-bond acceptors (Lipinski definition) is 3. The van der Waals surface area contributed by atoms with Crippen molar-refractivity contribution in [2.45, 2.75) is 26.2 Å². The van der Waals surface area contributed by atoms with Gasteiger partial charge in [0.05, 0.1) is 0 Å². The first-order valence-corrected chi connectivity index (χ1v) is 5.70. The van der Waals surface area contributed by atoms with Crippen LogP contribution in [0.2, 0.25) is 0 Å². The summed E-state index contributed by atoms with van der Waals surface area (Å²) in [5.41, 5.74) is 1.78. The van der Waals surface area contributed by atoms with Crippen LogP contribution in [-0.2, 0) is 0 Å². The third-order valence-corrected chi connectivity index (χ3v) is 2.46. The highest BCUT2D eigenvalue weighted by molar-refractivity contribution is 5.94. The highest BCUT2D eigenvalue weighted by Crippen LogP contribution is 2.10. The van der Waals surface area contributed by atoms with Crippen molar-refractivity contribution >= 4 is 11.5 Å². The molecule has 0 amide bonds. The molecule has 0 atom stereocenters. The summed E-state index contributed by atoms with van der Waals surface area (Å²) in [6.45, 7) is 2.74. The van der Waals surface area contributed by atoms with Gasteiger partial charge in [-0.05, 0) is 50.5 Å². The first kappa shape index (κ1) is 12.7. The van der Waals surface area contributed by atoms with E-state index in [0.29, 0.717) is 0 Å². The van der Waals surface area contributed by atoms with Crippen molar-refractivity contribution in [1.82, 2.24) is 0 Å². The van der Waals surface area contributed by atoms with Gasteiger partial charge in [0, 0.05) is 24.4 Å². The van der Waals surface area contributed by atoms with E-state index in [9.17, 15) is 4.79 Å². The molecule has 2 N–H and O–H groups in total. The van der Waals surface area contributed by atoms with E-state index in [1.807, 2.05) is 24.3 Å². The zero-order valence-electron chi connectivity index (χ0n) is 9.70. The minimum Gasteiger partial charge on any atom is -0.396 e. The number of benzene rings is 1. The van der Waals surface area contributed by atoms with Crippen molar-refractivity contribution in [2.75, 3.05) is 18.5 Å². The number of carbonyl (C=O) groups is 1. The van der Waals surface area contributed by atoms with Crippen LogP contribution in [0, 0.1) is 0 Å². The molecular weight excluding hydrogens is 202 g/mol. The number of anilines is 1. The number of carbonyl (C=O) groups excluding carboxylic acids is 1. The smallest absolute Gasteiger partial charge is 0.159 e. The van der Waals surface area contributed by atoms with E-state index in [2.05, 4.69) is 5.32 Å². The number of unbranched alkanes of at least 4 members (excludes halogenated alkanes) is 2. The molecule has 0 aliphatic rings. The quantitative estimate of drug-likeness (QED) is 0.549. The minimum absolute atomic E-state index is 0.0921. The molecule has 0 heterocycles. The van der Waals surface area contributed by atoms with Crippen LogP contribution < -0.4 is 5.32 Å². The topological polar surface area (TPSA) is 49.3 Å². The molecule has 0 radical (unpaired) electrons. The fourth-order valence-corrected chi connectivity index (χ4v) is 1.47. The Bertz CT molecular complexity index is 319. The van der Waals surface area contributed by atoms with Crippen LogP contribution in [0.4, 0.5) is 5.69 Å². The first-order chi connectivity index (χ1) is 7.74. The monoisotopic (exact) mass is 221 g/mol. The molecular formula is C13H19NO2. The summed E-state index contributed by atoms with van der Waals surface area (Å²) in [4.78, 5) is 11.0. The lowest BCUT2D eigenvalue weighted by Crippen LogP contribution is -2.02. The average Bonchev–Trinajstić information content (AvgIpc) is 2.29. The molecule has 3 heteroatoms. The zero-order valence-corrected chi connectivity index (χ0v) is 9.70. The van der Waals surface area contributed by atoms with Gasteiger partial charge in [0.2, 0.25) is 0 Å². The van der Waals surface area contributed by atoms with Crippen molar-refractivity contribution in [3.05, 3.63) is 29.8 Å². The summed E-state index contributed by atoms with van der Waals surface area (Å²) >= 11 is 0. The summed E-state index contributed by atoms with van der Waals surface area (Å²) in [6, 6.07) is 7.50. The van der Waals surface area contributed by atoms with Crippen LogP contribution in [-0.4, -0.2) is 24.0 Å². The number of hydrogen-bond donors (Lipinski definition) is 2. The van der Waals surface area contributed by atoms with Crippen LogP contribution in [0.15, 0.2) is 24.3 Å². The fourth-order valence-electron chi connectivity index (χ4n) is 1.47. The van der Waals surface area contributed by atoms with Gasteiger partial charge in [0.15, 0.2) is 5.78 Å². The maximum absolute atomic E-state index is 11.0. The standard InChI is InChI=1S/C13H19NO2/c1-11(16)12-5-7-13(8-6-12)14-9-3-2-4-10-15/h5-8,14-15H,2-4,9-10H2,1H3. The molecule has 1 aromatic rings. The second kappa shape index (κ2) is 7.01. The van der Waals surface area contributed by atoms with Crippen LogP contribution in [0.3, 0.4) is 0 Å². The van der Waals surface area contributed by atoms with Crippen LogP contribution in [0.25, 0.3) is 0 Å². The summed E-state index contributed by atoms with van der Waals surface area (Å²) < 4.78 is 0. The fraction of sp³-hybridized carbons (Fsp3) is 0.462. The Kier molecular flexibility index (Phi) is 5.57. The van der Waals surface area contributed by atoms with E-state index < -0.39 is 0 Å². The third-order valence-electron chi connectivity index (χ3n) is 2.46. The molecule has 88 valence electrons. The lowest BCUT2D eigenvalue weighted by Gasteiger charge is -2.06. The van der Waals surface area contributed by atoms with E-state index in [0.717, 1.165) is 37.1 Å². The number of Topliss-reactive ketones (excluding diaryl/α,β-unsaturated/α-hetero) is 1. The van der Waals surface area contributed by atoms with Crippen molar-refractivity contribution in [3.8, 4) is 0 Å². The second-order valence-corrected chi connectivity index (χ2v) is 3.84. The number of ketones is 1. The highest BCUT2D eigenvalue weighted by Gasteiger charge is 1.98. The summed E-state index contributed by atoms with van der Waals surface area (Å²) in [5, 5.41) is 11.9. The maximum Gasteiger partial charge on any atom is 0.159 e. The molecule has 0 fully saturated rings. The largest absolute Gasteiger partial charge is 0.396 e. The Labute approximate surface area is 96.5 Å². The van der Waals surface area contributed by atoms with Gasteiger partial charge in [-0.3, -0.25) is 4.79 Å². The summed E-state index contributed by atoms with van der Waals surface area (Å²) in [7, 11) is 0. The van der Waals surface area contributed by atoms with Gasteiger partial charge in [-0.2, -0.15) is 0 Å². The van der Waals surface area contributed by atoms with Crippen molar-refractivity contribution in [1.29, 1.82) is 0 Å². The van der Waals surface area contributed by atoms with Gasteiger partial charge < -0.3 is 10.4 Å². The molecule has 0 saturated heterocycles. The third kappa shape index (κ3) is 4.45. The SMILES string of the molecule is CC(=O)c1ccc(NCCCCCO)cc1. The molecule has 0 bridgehead atoms. The van der Waals surface area contributed by atoms with Gasteiger partial charge in [-0.1, -0.05) is 0 Å². The Morgan fingerprint density at radius 3 is 2.44 bits per heavy atom. The van der Waals surface area contributed by atoms with Gasteiger partial charge in [0.1, 0.15) is 0 Å². The Balaban J connectivity index is 2.29. The van der Waals surface area contributed by atoms with Gasteiger partial charge in [-0.15, -0.1) is 0 Å². The van der Waals surface area contributed by atoms with Crippen LogP contribution in [0.1, 0.15) is 36.5 Å². The minimum atomic E-state index is 0.0921. The van der Waals surface area contributed by atoms with Gasteiger partial charge in [-0.25, -0.2) is 0 Å². The van der Waals surface area contributed by atoms with E-state index in [-0.39, 0.29) is 12.4 Å². The first-order valence-electron chi connectivity index (χ1n) is 5.70. The number of nitrogens with one attached hydrogen (secondary N) is 1. The predicted octanol–water partition coefficient (Wildman–Crippen LogP) is 2.46. The van der Waals surface area contributed by atoms with E-state index in [4.69, 9.17) is 5.11 Å². The number of aliphatic hydroxyl groups is 1.